The van der Waals surface area contributed by atoms with Gasteiger partial charge in [-0.1, -0.05) is 67.7 Å². The maximum absolute atomic E-state index is 4.00. The van der Waals surface area contributed by atoms with Crippen molar-refractivity contribution in [2.45, 2.75) is 67.7 Å². The average Bonchev–Trinajstić information content (AvgIpc) is 2.08. The molecule has 0 N–H and O–H groups in total. The summed E-state index contributed by atoms with van der Waals surface area (Å²) in [5.41, 5.74) is 0. The molecule has 0 aliphatic carbocycles. The van der Waals surface area contributed by atoms with Crippen molar-refractivity contribution in [1.29, 1.82) is 0 Å². The maximum atomic E-state index is 4.00. The zero-order chi connectivity index (χ0) is 11.7. The Labute approximate surface area is 87.1 Å². The number of hydrogen-bond acceptors (Lipinski definition) is 0. The van der Waals surface area contributed by atoms with Crippen LogP contribution in [0.3, 0.4) is 0 Å². The van der Waals surface area contributed by atoms with E-state index >= 15 is 0 Å². The smallest absolute Gasteiger partial charge is 0.0500 e. The molecule has 0 unspecified atom stereocenters. The molecule has 0 amide bonds. The Morgan fingerprint density at radius 2 is 0.846 bits per heavy atom. The maximum Gasteiger partial charge on any atom is -0.0500 e. The third-order valence-corrected chi connectivity index (χ3v) is 0.500. The van der Waals surface area contributed by atoms with Crippen molar-refractivity contribution in [3.05, 3.63) is 0 Å². The second-order valence-electron chi connectivity index (χ2n) is 3.44. The van der Waals surface area contributed by atoms with Gasteiger partial charge in [0.25, 0.3) is 0 Å². The summed E-state index contributed by atoms with van der Waals surface area (Å²) in [6.07, 6.45) is 11.9. The molecule has 82 valence electrons. The third kappa shape index (κ3) is 3370. The summed E-state index contributed by atoms with van der Waals surface area (Å²) in [6.45, 7) is 15.1. The molecule has 0 heteroatoms. The van der Waals surface area contributed by atoms with Crippen molar-refractivity contribution in [3.63, 3.8) is 0 Å². The van der Waals surface area contributed by atoms with Crippen molar-refractivity contribution in [1.82, 2.24) is 0 Å². The van der Waals surface area contributed by atoms with Crippen LogP contribution >= 0.6 is 0 Å². The van der Waals surface area contributed by atoms with E-state index in [4.69, 9.17) is 0 Å². The van der Waals surface area contributed by atoms with Gasteiger partial charge in [-0.05, 0) is 5.92 Å². The van der Waals surface area contributed by atoms with Crippen LogP contribution in [0.4, 0.5) is 0 Å². The SMILES string of the molecule is C#C.CC(C)C.CCC.CCCC. The summed E-state index contributed by atoms with van der Waals surface area (Å²) in [5.74, 6) is 0.833. The van der Waals surface area contributed by atoms with E-state index in [1.54, 1.807) is 0 Å². The van der Waals surface area contributed by atoms with Gasteiger partial charge in [-0.25, -0.2) is 0 Å². The lowest BCUT2D eigenvalue weighted by Gasteiger charge is -1.79. The molecule has 0 spiro atoms. The topological polar surface area (TPSA) is 0 Å². The zero-order valence-electron chi connectivity index (χ0n) is 10.9. The quantitative estimate of drug-likeness (QED) is 0.498. The Morgan fingerprint density at radius 3 is 0.846 bits per heavy atom. The molecule has 0 nitrogen and oxygen atoms in total. The Bertz CT molecular complexity index is 45.5. The minimum atomic E-state index is 0.833. The van der Waals surface area contributed by atoms with Crippen molar-refractivity contribution in [3.8, 4) is 12.8 Å². The standard InChI is InChI=1S/2C4H10.C3H8.C2H2/c1-4(2)3;1-3-4-2;1-3-2;1-2/h4H,1-3H3;3-4H2,1-2H3;3H2,1-2H3;1-2H. The average molecular weight is 186 g/mol. The molecule has 0 heterocycles. The molecule has 0 aliphatic rings. The van der Waals surface area contributed by atoms with Gasteiger partial charge in [0.05, 0.1) is 0 Å². The summed E-state index contributed by atoms with van der Waals surface area (Å²) in [5, 5.41) is 0. The first-order valence-electron chi connectivity index (χ1n) is 5.39. The van der Waals surface area contributed by atoms with Crippen LogP contribution in [0.2, 0.25) is 0 Å². The summed E-state index contributed by atoms with van der Waals surface area (Å²) in [4.78, 5) is 0. The van der Waals surface area contributed by atoms with Gasteiger partial charge in [-0.15, -0.1) is 12.8 Å². The van der Waals surface area contributed by atoms with Gasteiger partial charge in [0.1, 0.15) is 0 Å². The van der Waals surface area contributed by atoms with Crippen LogP contribution in [0, 0.1) is 18.8 Å². The largest absolute Gasteiger partial charge is 0.124 e. The number of terminal acetylenes is 1. The molecular formula is C13H30. The highest BCUT2D eigenvalue weighted by Gasteiger charge is 1.68. The number of rotatable bonds is 1. The van der Waals surface area contributed by atoms with Gasteiger partial charge in [0, 0.05) is 0 Å². The third-order valence-electron chi connectivity index (χ3n) is 0.500. The van der Waals surface area contributed by atoms with E-state index in [9.17, 15) is 0 Å². The van der Waals surface area contributed by atoms with Crippen molar-refractivity contribution in [2.75, 3.05) is 0 Å². The molecular weight excluding hydrogens is 156 g/mol. The molecule has 0 saturated heterocycles. The van der Waals surface area contributed by atoms with Crippen LogP contribution in [0.15, 0.2) is 0 Å². The van der Waals surface area contributed by atoms with E-state index in [0.29, 0.717) is 0 Å². The molecule has 0 rings (SSSR count). The molecule has 0 saturated carbocycles. The van der Waals surface area contributed by atoms with Crippen molar-refractivity contribution in [2.24, 2.45) is 5.92 Å². The first kappa shape index (κ1) is 22.9. The van der Waals surface area contributed by atoms with Crippen LogP contribution in [0.1, 0.15) is 67.7 Å². The highest BCUT2D eigenvalue weighted by molar-refractivity contribution is 4.47. The van der Waals surface area contributed by atoms with Crippen LogP contribution in [0.25, 0.3) is 0 Å². The minimum absolute atomic E-state index is 0.833. The fourth-order valence-electron chi connectivity index (χ4n) is 0. The lowest BCUT2D eigenvalue weighted by molar-refractivity contribution is 0.737. The highest BCUT2D eigenvalue weighted by atomic mass is 13.7. The van der Waals surface area contributed by atoms with E-state index in [1.807, 2.05) is 0 Å². The van der Waals surface area contributed by atoms with Crippen molar-refractivity contribution < 1.29 is 0 Å². The van der Waals surface area contributed by atoms with Crippen LogP contribution in [-0.2, 0) is 0 Å². The molecule has 0 aromatic heterocycles. The Kier molecular flexibility index (Phi) is 73.5. The predicted molar refractivity (Wildman–Crippen MR) is 66.9 cm³/mol. The first-order valence-corrected chi connectivity index (χ1v) is 5.39. The normalized spacial score (nSPS) is 6.62. The molecule has 0 aromatic rings. The van der Waals surface area contributed by atoms with Crippen LogP contribution < -0.4 is 0 Å². The van der Waals surface area contributed by atoms with E-state index < -0.39 is 0 Å². The van der Waals surface area contributed by atoms with Gasteiger partial charge < -0.3 is 0 Å². The predicted octanol–water partition coefficient (Wildman–Crippen LogP) is 5.13. The van der Waals surface area contributed by atoms with Crippen LogP contribution in [-0.4, -0.2) is 0 Å². The summed E-state index contributed by atoms with van der Waals surface area (Å²) in [6, 6.07) is 0. The lowest BCUT2D eigenvalue weighted by Crippen LogP contribution is -1.66. The lowest BCUT2D eigenvalue weighted by atomic mass is 10.3. The van der Waals surface area contributed by atoms with E-state index in [0.717, 1.165) is 5.92 Å². The van der Waals surface area contributed by atoms with Crippen molar-refractivity contribution >= 4 is 0 Å². The fraction of sp³-hybridized carbons (Fsp3) is 0.846. The molecule has 0 bridgehead atoms. The number of unbranched alkanes of at least 4 members (excludes halogenated alkanes) is 1. The number of hydrogen-bond donors (Lipinski definition) is 0. The molecule has 0 radical (unpaired) electrons. The summed E-state index contributed by atoms with van der Waals surface area (Å²) < 4.78 is 0. The van der Waals surface area contributed by atoms with Gasteiger partial charge in [0.2, 0.25) is 0 Å². The molecule has 13 heavy (non-hydrogen) atoms. The second kappa shape index (κ2) is 41.7. The Hall–Kier alpha value is -0.440. The molecule has 0 aliphatic heterocycles. The minimum Gasteiger partial charge on any atom is -0.124 e. The van der Waals surface area contributed by atoms with E-state index in [-0.39, 0.29) is 0 Å². The van der Waals surface area contributed by atoms with Gasteiger partial charge >= 0.3 is 0 Å². The van der Waals surface area contributed by atoms with Crippen LogP contribution in [0.5, 0.6) is 0 Å². The van der Waals surface area contributed by atoms with E-state index in [2.05, 4.69) is 61.3 Å². The monoisotopic (exact) mass is 186 g/mol. The van der Waals surface area contributed by atoms with E-state index in [1.165, 1.54) is 19.3 Å². The van der Waals surface area contributed by atoms with Gasteiger partial charge in [0.15, 0.2) is 0 Å². The Morgan fingerprint density at radius 1 is 0.769 bits per heavy atom. The first-order chi connectivity index (χ1) is 6.06. The van der Waals surface area contributed by atoms with Gasteiger partial charge in [-0.3, -0.25) is 0 Å². The summed E-state index contributed by atoms with van der Waals surface area (Å²) in [7, 11) is 0. The molecule has 0 aromatic carbocycles. The van der Waals surface area contributed by atoms with Gasteiger partial charge in [-0.2, -0.15) is 0 Å². The fourth-order valence-corrected chi connectivity index (χ4v) is 0. The molecule has 0 atom stereocenters. The highest BCUT2D eigenvalue weighted by Crippen LogP contribution is 1.81. The Balaban J connectivity index is -0.0000000431. The zero-order valence-corrected chi connectivity index (χ0v) is 10.9. The summed E-state index contributed by atoms with van der Waals surface area (Å²) >= 11 is 0. The second-order valence-corrected chi connectivity index (χ2v) is 3.44. The molecule has 0 fully saturated rings.